The van der Waals surface area contributed by atoms with Crippen LogP contribution >= 0.6 is 11.6 Å². The Bertz CT molecular complexity index is 1010. The molecular formula is C25H34ClN5O3. The van der Waals surface area contributed by atoms with E-state index in [1.54, 1.807) is 19.2 Å². The largest absolute Gasteiger partial charge is 0.383 e. The number of carbonyl (C=O) groups is 2. The quantitative estimate of drug-likeness (QED) is 0.588. The lowest BCUT2D eigenvalue weighted by atomic mass is 10.0. The molecule has 34 heavy (non-hydrogen) atoms. The molecule has 2 aliphatic rings. The van der Waals surface area contributed by atoms with Gasteiger partial charge in [-0.2, -0.15) is 5.10 Å². The average Bonchev–Trinajstić information content (AvgIpc) is 3.46. The number of likely N-dealkylation sites (N-methyl/N-ethyl adjacent to an activating group) is 1. The number of methoxy groups -OCH3 is 1. The molecule has 1 fully saturated rings. The van der Waals surface area contributed by atoms with Crippen LogP contribution < -0.4 is 5.32 Å². The van der Waals surface area contributed by atoms with Crippen LogP contribution in [0, 0.1) is 0 Å². The first-order valence-corrected chi connectivity index (χ1v) is 12.5. The van der Waals surface area contributed by atoms with Crippen molar-refractivity contribution in [2.24, 2.45) is 0 Å². The maximum Gasteiger partial charge on any atom is 0.272 e. The Morgan fingerprint density at radius 3 is 2.76 bits per heavy atom. The lowest BCUT2D eigenvalue weighted by molar-refractivity contribution is -0.131. The summed E-state index contributed by atoms with van der Waals surface area (Å²) < 4.78 is 7.12. The first kappa shape index (κ1) is 24.7. The standard InChI is InChI=1S/C25H34ClN5O3/c1-3-29-11-4-5-20(29)16-27-25(33)24-21-17-30(12-10-22(21)31(28-24)13-14-34-2)23(32)15-18-6-8-19(26)9-7-18/h6-9,20H,3-5,10-17H2,1-2H3,(H,27,33)/t20-/m0/s1. The molecule has 1 N–H and O–H groups in total. The number of rotatable bonds is 9. The summed E-state index contributed by atoms with van der Waals surface area (Å²) in [7, 11) is 1.65. The summed E-state index contributed by atoms with van der Waals surface area (Å²) >= 11 is 5.97. The SMILES string of the molecule is CCN1CCC[C@H]1CNC(=O)c1nn(CCOC)c2c1CN(C(=O)Cc1ccc(Cl)cc1)CC2. The number of hydrogen-bond acceptors (Lipinski definition) is 5. The zero-order chi connectivity index (χ0) is 24.1. The molecule has 4 rings (SSSR count). The number of ether oxygens (including phenoxy) is 1. The molecule has 0 unspecified atom stereocenters. The maximum atomic E-state index is 13.2. The molecule has 2 aliphatic heterocycles. The molecule has 9 heteroatoms. The van der Waals surface area contributed by atoms with Crippen LogP contribution in [0.1, 0.15) is 47.1 Å². The van der Waals surface area contributed by atoms with Crippen LogP contribution in [0.15, 0.2) is 24.3 Å². The molecule has 184 valence electrons. The predicted molar refractivity (Wildman–Crippen MR) is 131 cm³/mol. The molecule has 1 atom stereocenters. The van der Waals surface area contributed by atoms with Gasteiger partial charge in [0.15, 0.2) is 5.69 Å². The molecule has 0 radical (unpaired) electrons. The predicted octanol–water partition coefficient (Wildman–Crippen LogP) is 2.52. The minimum absolute atomic E-state index is 0.0357. The summed E-state index contributed by atoms with van der Waals surface area (Å²) in [6.45, 7) is 6.94. The van der Waals surface area contributed by atoms with Crippen molar-refractivity contribution in [2.45, 2.75) is 51.7 Å². The molecule has 2 aromatic rings. The number of halogens is 1. The van der Waals surface area contributed by atoms with Gasteiger partial charge in [0.25, 0.3) is 5.91 Å². The van der Waals surface area contributed by atoms with E-state index in [1.807, 2.05) is 21.7 Å². The lowest BCUT2D eigenvalue weighted by Crippen LogP contribution is -2.41. The van der Waals surface area contributed by atoms with Crippen molar-refractivity contribution in [1.82, 2.24) is 24.9 Å². The third-order valence-electron chi connectivity index (χ3n) is 6.88. The van der Waals surface area contributed by atoms with E-state index in [0.29, 0.717) is 62.4 Å². The van der Waals surface area contributed by atoms with Gasteiger partial charge < -0.3 is 15.0 Å². The van der Waals surface area contributed by atoms with E-state index in [1.165, 1.54) is 6.42 Å². The second-order valence-electron chi connectivity index (χ2n) is 8.99. The lowest BCUT2D eigenvalue weighted by Gasteiger charge is -2.28. The molecule has 1 aromatic heterocycles. The number of benzene rings is 1. The topological polar surface area (TPSA) is 79.7 Å². The number of hydrogen-bond donors (Lipinski definition) is 1. The Morgan fingerprint density at radius 1 is 1.24 bits per heavy atom. The van der Waals surface area contributed by atoms with Gasteiger partial charge in [0.05, 0.1) is 19.6 Å². The number of fused-ring (bicyclic) bond motifs is 1. The first-order valence-electron chi connectivity index (χ1n) is 12.1. The third-order valence-corrected chi connectivity index (χ3v) is 7.13. The highest BCUT2D eigenvalue weighted by Crippen LogP contribution is 2.24. The highest BCUT2D eigenvalue weighted by molar-refractivity contribution is 6.30. The van der Waals surface area contributed by atoms with E-state index in [9.17, 15) is 9.59 Å². The zero-order valence-electron chi connectivity index (χ0n) is 20.1. The van der Waals surface area contributed by atoms with Crippen molar-refractivity contribution in [3.63, 3.8) is 0 Å². The average molecular weight is 488 g/mol. The minimum Gasteiger partial charge on any atom is -0.383 e. The van der Waals surface area contributed by atoms with Crippen LogP contribution in [0.4, 0.5) is 0 Å². The van der Waals surface area contributed by atoms with E-state index in [4.69, 9.17) is 16.3 Å². The van der Waals surface area contributed by atoms with Crippen LogP contribution in [0.25, 0.3) is 0 Å². The fourth-order valence-corrected chi connectivity index (χ4v) is 5.10. The van der Waals surface area contributed by atoms with Crippen molar-refractivity contribution in [3.8, 4) is 0 Å². The van der Waals surface area contributed by atoms with Crippen molar-refractivity contribution >= 4 is 23.4 Å². The number of amides is 2. The van der Waals surface area contributed by atoms with Gasteiger partial charge in [0.1, 0.15) is 0 Å². The Kier molecular flexibility index (Phi) is 8.24. The van der Waals surface area contributed by atoms with E-state index in [-0.39, 0.29) is 11.8 Å². The molecule has 1 saturated heterocycles. The van der Waals surface area contributed by atoms with Gasteiger partial charge in [-0.1, -0.05) is 30.7 Å². The highest BCUT2D eigenvalue weighted by Gasteiger charge is 2.31. The van der Waals surface area contributed by atoms with Gasteiger partial charge in [-0.05, 0) is 43.6 Å². The van der Waals surface area contributed by atoms with Gasteiger partial charge in [-0.25, -0.2) is 0 Å². The number of aromatic nitrogens is 2. The summed E-state index contributed by atoms with van der Waals surface area (Å²) in [5, 5.41) is 8.42. The van der Waals surface area contributed by atoms with Gasteiger partial charge in [0.2, 0.25) is 5.91 Å². The van der Waals surface area contributed by atoms with E-state index in [0.717, 1.165) is 36.3 Å². The Hall–Kier alpha value is -2.42. The van der Waals surface area contributed by atoms with E-state index in [2.05, 4.69) is 22.2 Å². The highest BCUT2D eigenvalue weighted by atomic mass is 35.5. The molecule has 8 nitrogen and oxygen atoms in total. The molecule has 3 heterocycles. The van der Waals surface area contributed by atoms with Crippen molar-refractivity contribution in [3.05, 3.63) is 51.8 Å². The summed E-state index contributed by atoms with van der Waals surface area (Å²) in [5.41, 5.74) is 3.22. The minimum atomic E-state index is -0.164. The number of nitrogens with zero attached hydrogens (tertiary/aromatic N) is 4. The number of nitrogens with one attached hydrogen (secondary N) is 1. The van der Waals surface area contributed by atoms with Crippen LogP contribution in [0.5, 0.6) is 0 Å². The summed E-state index contributed by atoms with van der Waals surface area (Å²) in [6, 6.07) is 7.72. The van der Waals surface area contributed by atoms with E-state index >= 15 is 0 Å². The van der Waals surface area contributed by atoms with Gasteiger partial charge >= 0.3 is 0 Å². The fourth-order valence-electron chi connectivity index (χ4n) is 4.97. The second kappa shape index (κ2) is 11.3. The van der Waals surface area contributed by atoms with Crippen molar-refractivity contribution in [2.75, 3.05) is 39.9 Å². The number of likely N-dealkylation sites (tertiary alicyclic amines) is 1. The monoisotopic (exact) mass is 487 g/mol. The molecule has 0 spiro atoms. The summed E-state index contributed by atoms with van der Waals surface area (Å²) in [5.74, 6) is -0.129. The van der Waals surface area contributed by atoms with E-state index < -0.39 is 0 Å². The first-order chi connectivity index (χ1) is 16.5. The van der Waals surface area contributed by atoms with Crippen LogP contribution in [-0.2, 0) is 35.5 Å². The Morgan fingerprint density at radius 2 is 2.03 bits per heavy atom. The van der Waals surface area contributed by atoms with Gasteiger partial charge in [-0.3, -0.25) is 19.2 Å². The fraction of sp³-hybridized carbons (Fsp3) is 0.560. The zero-order valence-corrected chi connectivity index (χ0v) is 20.8. The second-order valence-corrected chi connectivity index (χ2v) is 9.43. The normalized spacial score (nSPS) is 18.2. The van der Waals surface area contributed by atoms with Crippen LogP contribution in [0.3, 0.4) is 0 Å². The number of carbonyl (C=O) groups excluding carboxylic acids is 2. The Labute approximate surface area is 206 Å². The summed E-state index contributed by atoms with van der Waals surface area (Å²) in [4.78, 5) is 30.5. The Balaban J connectivity index is 1.48. The van der Waals surface area contributed by atoms with Gasteiger partial charge in [0, 0.05) is 55.5 Å². The van der Waals surface area contributed by atoms with Crippen LogP contribution in [-0.4, -0.2) is 77.3 Å². The molecule has 0 saturated carbocycles. The molecule has 0 bridgehead atoms. The smallest absolute Gasteiger partial charge is 0.272 e. The third kappa shape index (κ3) is 5.62. The molecule has 1 aromatic carbocycles. The molecule has 0 aliphatic carbocycles. The van der Waals surface area contributed by atoms with Gasteiger partial charge in [-0.15, -0.1) is 0 Å². The van der Waals surface area contributed by atoms with Crippen molar-refractivity contribution in [1.29, 1.82) is 0 Å². The van der Waals surface area contributed by atoms with Crippen molar-refractivity contribution < 1.29 is 14.3 Å². The summed E-state index contributed by atoms with van der Waals surface area (Å²) in [6.07, 6.45) is 3.24. The molecular weight excluding hydrogens is 454 g/mol. The molecule has 2 amide bonds. The maximum absolute atomic E-state index is 13.2. The van der Waals surface area contributed by atoms with Crippen LogP contribution in [0.2, 0.25) is 5.02 Å².